The van der Waals surface area contributed by atoms with Crippen molar-refractivity contribution in [2.45, 2.75) is 60.9 Å². The van der Waals surface area contributed by atoms with Crippen LogP contribution in [-0.4, -0.2) is 45.1 Å². The molecule has 208 valence electrons. The quantitative estimate of drug-likeness (QED) is 0.345. The number of hydrogen-bond acceptors (Lipinski definition) is 5. The van der Waals surface area contributed by atoms with E-state index in [1.54, 1.807) is 5.41 Å². The zero-order chi connectivity index (χ0) is 27.3. The van der Waals surface area contributed by atoms with E-state index in [1.807, 2.05) is 20.8 Å². The lowest BCUT2D eigenvalue weighted by Gasteiger charge is -2.32. The number of rotatable bonds is 11. The minimum atomic E-state index is -1.47. The highest BCUT2D eigenvalue weighted by molar-refractivity contribution is 8.47. The summed E-state index contributed by atoms with van der Waals surface area (Å²) in [7, 11) is -1.47. The number of amides is 1. The molecule has 3 rings (SSSR count). The predicted molar refractivity (Wildman–Crippen MR) is 161 cm³/mol. The van der Waals surface area contributed by atoms with E-state index in [0.29, 0.717) is 12.5 Å². The van der Waals surface area contributed by atoms with Crippen LogP contribution >= 0.6 is 22.4 Å². The molecule has 0 saturated carbocycles. The molecule has 0 saturated heterocycles. The highest BCUT2D eigenvalue weighted by atomic mass is 35.5. The van der Waals surface area contributed by atoms with Crippen LogP contribution in [0.25, 0.3) is 11.1 Å². The number of carbonyl (C=O) groups excluding carboxylic acids is 1. The number of nitrogens with two attached hydrogens (primary N) is 1. The summed E-state index contributed by atoms with van der Waals surface area (Å²) >= 11 is 0. The van der Waals surface area contributed by atoms with Gasteiger partial charge in [-0.3, -0.25) is 9.78 Å². The van der Waals surface area contributed by atoms with Crippen LogP contribution < -0.4 is 11.1 Å². The number of carboxylic acids is 1. The highest BCUT2D eigenvalue weighted by Crippen LogP contribution is 2.54. The van der Waals surface area contributed by atoms with Gasteiger partial charge in [-0.05, 0) is 65.4 Å². The van der Waals surface area contributed by atoms with E-state index in [-0.39, 0.29) is 37.0 Å². The second kappa shape index (κ2) is 13.4. The van der Waals surface area contributed by atoms with Gasteiger partial charge in [0.15, 0.2) is 5.70 Å². The van der Waals surface area contributed by atoms with Gasteiger partial charge >= 0.3 is 5.97 Å². The Balaban J connectivity index is 0.00000507. The number of nitrogens with one attached hydrogen (secondary N) is 1. The molecule has 4 N–H and O–H groups in total. The summed E-state index contributed by atoms with van der Waals surface area (Å²) in [5.41, 5.74) is 13.2. The van der Waals surface area contributed by atoms with Crippen LogP contribution in [0.1, 0.15) is 55.8 Å². The van der Waals surface area contributed by atoms with Crippen LogP contribution in [0.15, 0.2) is 40.4 Å². The number of benzene rings is 1. The Morgan fingerprint density at radius 2 is 1.71 bits per heavy atom. The molecule has 2 heterocycles. The van der Waals surface area contributed by atoms with Gasteiger partial charge in [-0.15, -0.1) is 12.4 Å². The summed E-state index contributed by atoms with van der Waals surface area (Å²) in [5, 5.41) is 15.1. The number of aliphatic carboxylic acids is 1. The molecule has 0 unspecified atom stereocenters. The molecule has 0 bridgehead atoms. The average Bonchev–Trinajstić information content (AvgIpc) is 3.24. The zero-order valence-corrected chi connectivity index (χ0v) is 24.9. The van der Waals surface area contributed by atoms with Crippen LogP contribution in [0.4, 0.5) is 0 Å². The second-order valence-electron chi connectivity index (χ2n) is 9.93. The summed E-state index contributed by atoms with van der Waals surface area (Å²) in [6, 6.07) is 8.30. The van der Waals surface area contributed by atoms with Gasteiger partial charge in [-0.2, -0.15) is 10.0 Å². The number of aryl methyl sites for hydroxylation is 2. The first-order chi connectivity index (χ1) is 17.5. The first kappa shape index (κ1) is 31.5. The van der Waals surface area contributed by atoms with Gasteiger partial charge < -0.3 is 16.2 Å². The first-order valence-corrected chi connectivity index (χ1v) is 14.9. The fourth-order valence-corrected chi connectivity index (χ4v) is 7.59. The molecule has 0 fully saturated rings. The molecule has 1 aromatic heterocycles. The van der Waals surface area contributed by atoms with Crippen LogP contribution in [0, 0.1) is 19.8 Å². The van der Waals surface area contributed by atoms with Crippen LogP contribution in [-0.2, 0) is 29.0 Å². The highest BCUT2D eigenvalue weighted by Gasteiger charge is 2.32. The predicted octanol–water partition coefficient (Wildman–Crippen LogP) is 5.29. The molecule has 0 radical (unpaired) electrons. The van der Waals surface area contributed by atoms with Crippen molar-refractivity contribution in [2.75, 3.05) is 18.1 Å². The third-order valence-electron chi connectivity index (χ3n) is 6.91. The molecule has 7 nitrogen and oxygen atoms in total. The number of aliphatic imine (C=N–C) groups is 1. The molecule has 2 aromatic rings. The lowest BCUT2D eigenvalue weighted by atomic mass is 9.88. The molecule has 0 spiro atoms. The van der Waals surface area contributed by atoms with Crippen molar-refractivity contribution in [2.24, 2.45) is 16.6 Å². The third kappa shape index (κ3) is 6.84. The number of pyridine rings is 1. The molecular weight excluding hydrogens is 520 g/mol. The zero-order valence-electron chi connectivity index (χ0n) is 23.3. The molecule has 1 amide bonds. The third-order valence-corrected chi connectivity index (χ3v) is 10.8. The lowest BCUT2D eigenvalue weighted by molar-refractivity contribution is -0.132. The molecular formula is C29H41ClN4O3S. The number of nitrogens with zero attached hydrogens (tertiary/aromatic N) is 2. The molecule has 1 aliphatic heterocycles. The van der Waals surface area contributed by atoms with Crippen molar-refractivity contribution < 1.29 is 14.7 Å². The average molecular weight is 561 g/mol. The topological polar surface area (TPSA) is 118 Å². The molecule has 1 aromatic carbocycles. The number of hydrogen-bond donors (Lipinski definition) is 3. The van der Waals surface area contributed by atoms with Gasteiger partial charge in [0.2, 0.25) is 5.91 Å². The van der Waals surface area contributed by atoms with Gasteiger partial charge in [0, 0.05) is 17.9 Å². The van der Waals surface area contributed by atoms with E-state index in [4.69, 9.17) is 10.7 Å². The van der Waals surface area contributed by atoms with Crippen LogP contribution in [0.3, 0.4) is 0 Å². The minimum Gasteiger partial charge on any atom is -0.476 e. The van der Waals surface area contributed by atoms with Gasteiger partial charge in [0.05, 0.1) is 18.0 Å². The molecule has 0 atom stereocenters. The van der Waals surface area contributed by atoms with Gasteiger partial charge in [0.1, 0.15) is 0 Å². The maximum absolute atomic E-state index is 13.3. The normalized spacial score (nSPS) is 14.9. The SMILES string of the molecule is CCS1(CC)C=C(C(=O)O)N=C1CNC(=O)Cc1c(C)nc(CC(C)C)c(CN)c1-c1ccc(C)cc1.Cl. The molecule has 9 heteroatoms. The van der Waals surface area contributed by atoms with Gasteiger partial charge in [-0.1, -0.05) is 57.5 Å². The lowest BCUT2D eigenvalue weighted by Crippen LogP contribution is -2.33. The largest absolute Gasteiger partial charge is 0.476 e. The number of halogens is 1. The minimum absolute atomic E-state index is 0. The molecule has 1 aliphatic rings. The monoisotopic (exact) mass is 560 g/mol. The van der Waals surface area contributed by atoms with E-state index >= 15 is 0 Å². The summed E-state index contributed by atoms with van der Waals surface area (Å²) in [6.07, 6.45) is 0.973. The Morgan fingerprint density at radius 1 is 1.08 bits per heavy atom. The number of aromatic nitrogens is 1. The van der Waals surface area contributed by atoms with Crippen LogP contribution in [0.2, 0.25) is 0 Å². The summed E-state index contributed by atoms with van der Waals surface area (Å²) in [5.74, 6) is 0.846. The van der Waals surface area contributed by atoms with Crippen molar-refractivity contribution in [3.63, 3.8) is 0 Å². The fourth-order valence-electron chi connectivity index (χ4n) is 4.82. The number of carbonyl (C=O) groups is 2. The maximum atomic E-state index is 13.3. The Hall–Kier alpha value is -2.68. The van der Waals surface area contributed by atoms with Crippen molar-refractivity contribution in [1.82, 2.24) is 10.3 Å². The van der Waals surface area contributed by atoms with Gasteiger partial charge in [-0.25, -0.2) is 9.79 Å². The van der Waals surface area contributed by atoms with Crippen molar-refractivity contribution >= 4 is 39.4 Å². The Labute approximate surface area is 234 Å². The number of carboxylic acid groups (broad SMARTS) is 1. The van der Waals surface area contributed by atoms with E-state index in [2.05, 4.69) is 55.3 Å². The Kier molecular flexibility index (Phi) is 11.1. The van der Waals surface area contributed by atoms with E-state index in [0.717, 1.165) is 62.2 Å². The maximum Gasteiger partial charge on any atom is 0.355 e. The Bertz CT molecular complexity index is 1240. The van der Waals surface area contributed by atoms with E-state index in [1.165, 1.54) is 0 Å². The van der Waals surface area contributed by atoms with Gasteiger partial charge in [0.25, 0.3) is 0 Å². The van der Waals surface area contributed by atoms with E-state index < -0.39 is 16.0 Å². The summed E-state index contributed by atoms with van der Waals surface area (Å²) in [4.78, 5) is 34.1. The first-order valence-electron chi connectivity index (χ1n) is 12.9. The second-order valence-corrected chi connectivity index (χ2v) is 13.7. The standard InChI is InChI=1S/C29H40N4O3S.ClH/c1-7-37(8-2)17-25(29(35)36)33-27(37)16-31-26(34)14-22-20(6)32-24(13-18(3)4)23(15-30)28(22)21-11-9-19(5)10-12-21;/h9-12,17-18H,7-8,13-16,30H2,1-6H3,(H,31,34)(H,35,36);1H. The fraction of sp³-hybridized carbons (Fsp3) is 0.448. The van der Waals surface area contributed by atoms with Crippen molar-refractivity contribution in [3.05, 3.63) is 63.4 Å². The van der Waals surface area contributed by atoms with Crippen molar-refractivity contribution in [1.29, 1.82) is 0 Å². The van der Waals surface area contributed by atoms with Crippen molar-refractivity contribution in [3.8, 4) is 11.1 Å². The molecule has 38 heavy (non-hydrogen) atoms. The summed E-state index contributed by atoms with van der Waals surface area (Å²) in [6.45, 7) is 13.0. The smallest absolute Gasteiger partial charge is 0.355 e. The Morgan fingerprint density at radius 3 is 2.24 bits per heavy atom. The van der Waals surface area contributed by atoms with Crippen LogP contribution in [0.5, 0.6) is 0 Å². The summed E-state index contributed by atoms with van der Waals surface area (Å²) < 4.78 is 0. The van der Waals surface area contributed by atoms with E-state index in [9.17, 15) is 14.7 Å². The molecule has 0 aliphatic carbocycles.